The Morgan fingerprint density at radius 3 is 2.29 bits per heavy atom. The van der Waals surface area contributed by atoms with Crippen molar-refractivity contribution in [2.45, 2.75) is 49.0 Å². The topological polar surface area (TPSA) is 202 Å². The van der Waals surface area contributed by atoms with Crippen molar-refractivity contribution < 1.29 is 45.0 Å². The minimum absolute atomic E-state index is 0.208. The van der Waals surface area contributed by atoms with E-state index >= 15 is 0 Å². The number of rotatable bonds is 3. The molecule has 0 fully saturated rings. The number of phenolic OH excluding ortho intramolecular Hbond substituents is 1. The van der Waals surface area contributed by atoms with Gasteiger partial charge in [0, 0.05) is 12.8 Å². The number of hydrogen-bond donors (Lipinski definition) is 7. The number of aliphatic hydroxyl groups is 5. The third-order valence-corrected chi connectivity index (χ3v) is 7.21. The fraction of sp³-hybridized carbons (Fsp3) is 0.435. The highest BCUT2D eigenvalue weighted by molar-refractivity contribution is 6.25. The lowest BCUT2D eigenvalue weighted by atomic mass is 9.54. The predicted molar refractivity (Wildman–Crippen MR) is 116 cm³/mol. The number of aromatic hydroxyl groups is 1. The molecule has 11 nitrogen and oxygen atoms in total. The van der Waals surface area contributed by atoms with Crippen LogP contribution >= 0.6 is 0 Å². The molecule has 0 saturated carbocycles. The second-order valence-corrected chi connectivity index (χ2v) is 9.34. The first-order valence-corrected chi connectivity index (χ1v) is 10.6. The maximum atomic E-state index is 13.5. The van der Waals surface area contributed by atoms with Gasteiger partial charge in [0.2, 0.25) is 11.4 Å². The fourth-order valence-electron chi connectivity index (χ4n) is 5.79. The number of fused-ring (bicyclic) bond motifs is 3. The van der Waals surface area contributed by atoms with Crippen molar-refractivity contribution in [3.05, 3.63) is 51.5 Å². The standard InChI is InChI=1S/C23H26N2O9/c1-4-9-5-6-11(26)12-10(9)7-21(32)8-22(33)17(25(2)3)16(28)13(20(24)31)18(29)23(22,34)19(30)14(21)15(12)27/h5-6,17,26,28,30,32-34H,4,7-8H2,1-3H3,(H2,24,31)/t17-,21+,22+,23+/m0/s1. The summed E-state index contributed by atoms with van der Waals surface area (Å²) in [6.07, 6.45) is -0.773. The van der Waals surface area contributed by atoms with Crippen LogP contribution in [0.15, 0.2) is 34.8 Å². The van der Waals surface area contributed by atoms with Gasteiger partial charge in [-0.05, 0) is 37.7 Å². The molecule has 0 heterocycles. The zero-order chi connectivity index (χ0) is 25.5. The zero-order valence-electron chi connectivity index (χ0n) is 18.8. The molecule has 0 saturated heterocycles. The highest BCUT2D eigenvalue weighted by atomic mass is 16.4. The van der Waals surface area contributed by atoms with E-state index in [1.54, 1.807) is 13.0 Å². The molecule has 0 aromatic heterocycles. The summed E-state index contributed by atoms with van der Waals surface area (Å²) in [6, 6.07) is 1.19. The van der Waals surface area contributed by atoms with Crippen LogP contribution < -0.4 is 5.73 Å². The first-order chi connectivity index (χ1) is 15.7. The summed E-state index contributed by atoms with van der Waals surface area (Å²) < 4.78 is 0. The number of aryl methyl sites for hydroxylation is 1. The maximum Gasteiger partial charge on any atom is 0.255 e. The van der Waals surface area contributed by atoms with Crippen molar-refractivity contribution in [1.29, 1.82) is 0 Å². The van der Waals surface area contributed by atoms with Gasteiger partial charge in [0.25, 0.3) is 5.91 Å². The van der Waals surface area contributed by atoms with Gasteiger partial charge < -0.3 is 36.4 Å². The molecule has 34 heavy (non-hydrogen) atoms. The number of benzene rings is 1. The van der Waals surface area contributed by atoms with E-state index < -0.39 is 75.2 Å². The van der Waals surface area contributed by atoms with Crippen molar-refractivity contribution in [3.8, 4) is 5.75 Å². The Kier molecular flexibility index (Phi) is 5.01. The van der Waals surface area contributed by atoms with Gasteiger partial charge in [-0.15, -0.1) is 0 Å². The van der Waals surface area contributed by atoms with Crippen molar-refractivity contribution in [1.82, 2.24) is 4.90 Å². The average Bonchev–Trinajstić information content (AvgIpc) is 2.70. The van der Waals surface area contributed by atoms with E-state index in [9.17, 15) is 45.0 Å². The number of hydrogen-bond acceptors (Lipinski definition) is 10. The minimum Gasteiger partial charge on any atom is -0.510 e. The molecule has 8 N–H and O–H groups in total. The van der Waals surface area contributed by atoms with Crippen LogP contribution in [0.25, 0.3) is 0 Å². The number of aliphatic hydroxyl groups excluding tert-OH is 2. The average molecular weight is 474 g/mol. The van der Waals surface area contributed by atoms with Crippen LogP contribution in [0.2, 0.25) is 0 Å². The second kappa shape index (κ2) is 7.12. The van der Waals surface area contributed by atoms with Gasteiger partial charge in [-0.2, -0.15) is 0 Å². The largest absolute Gasteiger partial charge is 0.510 e. The minimum atomic E-state index is -3.30. The smallest absolute Gasteiger partial charge is 0.255 e. The van der Waals surface area contributed by atoms with Gasteiger partial charge in [0.15, 0.2) is 5.78 Å². The normalized spacial score (nSPS) is 33.1. The van der Waals surface area contributed by atoms with E-state index in [0.717, 1.165) is 0 Å². The van der Waals surface area contributed by atoms with Gasteiger partial charge in [-0.25, -0.2) is 0 Å². The van der Waals surface area contributed by atoms with E-state index in [2.05, 4.69) is 0 Å². The number of carbonyl (C=O) groups excluding carboxylic acids is 3. The molecule has 0 unspecified atom stereocenters. The third kappa shape index (κ3) is 2.63. The number of nitrogens with two attached hydrogens (primary N) is 1. The van der Waals surface area contributed by atoms with Crippen LogP contribution in [0.4, 0.5) is 0 Å². The Morgan fingerprint density at radius 1 is 1.15 bits per heavy atom. The molecule has 4 atom stereocenters. The van der Waals surface area contributed by atoms with Crippen LogP contribution in [0.3, 0.4) is 0 Å². The summed E-state index contributed by atoms with van der Waals surface area (Å²) in [4.78, 5) is 39.9. The molecule has 1 amide bonds. The number of carbonyl (C=O) groups is 3. The second-order valence-electron chi connectivity index (χ2n) is 9.34. The number of phenols is 1. The van der Waals surface area contributed by atoms with Gasteiger partial charge in [0.1, 0.15) is 40.1 Å². The number of amides is 1. The van der Waals surface area contributed by atoms with Gasteiger partial charge in [-0.3, -0.25) is 19.3 Å². The van der Waals surface area contributed by atoms with Crippen molar-refractivity contribution in [2.75, 3.05) is 14.1 Å². The van der Waals surface area contributed by atoms with Crippen LogP contribution in [0.5, 0.6) is 5.75 Å². The summed E-state index contributed by atoms with van der Waals surface area (Å²) in [5, 5.41) is 67.2. The lowest BCUT2D eigenvalue weighted by Gasteiger charge is -2.57. The molecule has 0 spiro atoms. The van der Waals surface area contributed by atoms with E-state index in [0.29, 0.717) is 17.5 Å². The van der Waals surface area contributed by atoms with Crippen LogP contribution in [0.1, 0.15) is 34.8 Å². The third-order valence-electron chi connectivity index (χ3n) is 7.21. The molecule has 1 aromatic rings. The van der Waals surface area contributed by atoms with E-state index in [4.69, 9.17) is 5.73 Å². The molecule has 3 aliphatic rings. The van der Waals surface area contributed by atoms with Crippen molar-refractivity contribution in [3.63, 3.8) is 0 Å². The predicted octanol–water partition coefficient (Wildman–Crippen LogP) is -1.09. The Bertz CT molecular complexity index is 1230. The SMILES string of the molecule is CCc1ccc(O)c2c1C[C@@]1(O)C[C@@]3(O)[C@@H](N(C)C)C(O)=C(C(N)=O)C(=O)[C@@]3(O)C(O)=C1C2=O. The summed E-state index contributed by atoms with van der Waals surface area (Å²) in [5.74, 6) is -6.82. The van der Waals surface area contributed by atoms with Gasteiger partial charge in [-0.1, -0.05) is 13.0 Å². The lowest BCUT2D eigenvalue weighted by molar-refractivity contribution is -0.212. The van der Waals surface area contributed by atoms with Gasteiger partial charge >= 0.3 is 0 Å². The monoisotopic (exact) mass is 474 g/mol. The number of likely N-dealkylation sites (N-methyl/N-ethyl adjacent to an activating group) is 1. The summed E-state index contributed by atoms with van der Waals surface area (Å²) >= 11 is 0. The molecule has 0 aliphatic heterocycles. The quantitative estimate of drug-likeness (QED) is 0.264. The molecular weight excluding hydrogens is 448 g/mol. The van der Waals surface area contributed by atoms with Crippen molar-refractivity contribution >= 4 is 17.5 Å². The molecule has 3 aliphatic carbocycles. The summed E-state index contributed by atoms with van der Waals surface area (Å²) in [6.45, 7) is 1.80. The molecule has 182 valence electrons. The maximum absolute atomic E-state index is 13.5. The number of nitrogens with zero attached hydrogens (tertiary/aromatic N) is 1. The summed E-state index contributed by atoms with van der Waals surface area (Å²) in [5.41, 5.74) is -4.24. The number of ketones is 2. The van der Waals surface area contributed by atoms with E-state index in [1.165, 1.54) is 25.1 Å². The van der Waals surface area contributed by atoms with E-state index in [-0.39, 0.29) is 12.0 Å². The highest BCUT2D eigenvalue weighted by Gasteiger charge is 2.74. The molecular formula is C23H26N2O9. The first kappa shape index (κ1) is 23.9. The lowest BCUT2D eigenvalue weighted by Crippen LogP contribution is -2.77. The Morgan fingerprint density at radius 2 is 1.76 bits per heavy atom. The highest BCUT2D eigenvalue weighted by Crippen LogP contribution is 2.55. The molecule has 4 rings (SSSR count). The van der Waals surface area contributed by atoms with E-state index in [1.807, 2.05) is 0 Å². The molecule has 0 bridgehead atoms. The van der Waals surface area contributed by atoms with Crippen LogP contribution in [0, 0.1) is 0 Å². The molecule has 0 radical (unpaired) electrons. The van der Waals surface area contributed by atoms with Crippen LogP contribution in [-0.4, -0.2) is 90.0 Å². The Hall–Kier alpha value is -3.25. The fourth-order valence-corrected chi connectivity index (χ4v) is 5.79. The van der Waals surface area contributed by atoms with Crippen LogP contribution in [-0.2, 0) is 22.4 Å². The number of primary amides is 1. The summed E-state index contributed by atoms with van der Waals surface area (Å²) in [7, 11) is 2.73. The van der Waals surface area contributed by atoms with Gasteiger partial charge in [0.05, 0.1) is 11.1 Å². The first-order valence-electron chi connectivity index (χ1n) is 10.6. The molecule has 1 aromatic carbocycles. The zero-order valence-corrected chi connectivity index (χ0v) is 18.8. The Labute approximate surface area is 194 Å². The Balaban J connectivity index is 2.09. The number of Topliss-reactive ketones (excluding diaryl/α,β-unsaturated/α-hetero) is 2. The molecule has 11 heteroatoms. The van der Waals surface area contributed by atoms with Crippen molar-refractivity contribution in [2.24, 2.45) is 5.73 Å².